The first-order chi connectivity index (χ1) is 29.7. The lowest BCUT2D eigenvalue weighted by Crippen LogP contribution is -2.01. The van der Waals surface area contributed by atoms with Crippen LogP contribution in [0.3, 0.4) is 0 Å². The van der Waals surface area contributed by atoms with E-state index in [-0.39, 0.29) is 0 Å². The number of benzene rings is 8. The van der Waals surface area contributed by atoms with E-state index in [0.717, 1.165) is 105 Å². The van der Waals surface area contributed by atoms with E-state index in [1.807, 2.05) is 66.9 Å². The molecule has 0 N–H and O–H groups in total. The van der Waals surface area contributed by atoms with Crippen molar-refractivity contribution >= 4 is 54.6 Å². The van der Waals surface area contributed by atoms with Crippen molar-refractivity contribution in [1.82, 2.24) is 19.9 Å². The fourth-order valence-electron chi connectivity index (χ4n) is 8.64. The zero-order chi connectivity index (χ0) is 39.6. The molecule has 0 radical (unpaired) electrons. The van der Waals surface area contributed by atoms with Crippen LogP contribution in [-0.4, -0.2) is 19.9 Å². The molecule has 0 fully saturated rings. The van der Waals surface area contributed by atoms with E-state index < -0.39 is 0 Å². The van der Waals surface area contributed by atoms with Gasteiger partial charge in [-0.15, -0.1) is 0 Å². The number of hydrogen-bond acceptors (Lipinski definition) is 6. The quantitative estimate of drug-likeness (QED) is 0.168. The molecule has 4 heterocycles. The summed E-state index contributed by atoms with van der Waals surface area (Å²) >= 11 is 0. The number of fused-ring (bicyclic) bond motifs is 7. The third-order valence-corrected chi connectivity index (χ3v) is 11.4. The van der Waals surface area contributed by atoms with Crippen molar-refractivity contribution in [2.24, 2.45) is 0 Å². The lowest BCUT2D eigenvalue weighted by Gasteiger charge is -2.14. The second kappa shape index (κ2) is 13.7. The fourth-order valence-corrected chi connectivity index (χ4v) is 8.64. The van der Waals surface area contributed by atoms with Crippen molar-refractivity contribution in [2.45, 2.75) is 0 Å². The highest BCUT2D eigenvalue weighted by molar-refractivity contribution is 6.12. The van der Waals surface area contributed by atoms with Crippen molar-refractivity contribution in [1.29, 1.82) is 0 Å². The molecule has 4 aromatic heterocycles. The first kappa shape index (κ1) is 33.9. The van der Waals surface area contributed by atoms with Crippen LogP contribution in [0.4, 0.5) is 0 Å². The maximum Gasteiger partial charge on any atom is 0.164 e. The minimum atomic E-state index is 0.552. The minimum absolute atomic E-state index is 0.552. The van der Waals surface area contributed by atoms with E-state index in [2.05, 4.69) is 126 Å². The second-order valence-corrected chi connectivity index (χ2v) is 15.0. The molecular formula is C54H32N4O2. The molecule has 12 rings (SSSR count). The lowest BCUT2D eigenvalue weighted by molar-refractivity contribution is 0.670. The summed E-state index contributed by atoms with van der Waals surface area (Å²) in [4.78, 5) is 20.2. The van der Waals surface area contributed by atoms with Crippen molar-refractivity contribution in [3.05, 3.63) is 194 Å². The molecule has 12 aromatic rings. The van der Waals surface area contributed by atoms with Crippen LogP contribution >= 0.6 is 0 Å². The van der Waals surface area contributed by atoms with Crippen LogP contribution in [0, 0.1) is 0 Å². The van der Waals surface area contributed by atoms with Crippen LogP contribution < -0.4 is 0 Å². The summed E-state index contributed by atoms with van der Waals surface area (Å²) in [5.41, 5.74) is 12.0. The monoisotopic (exact) mass is 768 g/mol. The number of pyridine rings is 1. The Kier molecular flexibility index (Phi) is 7.74. The Morgan fingerprint density at radius 1 is 0.300 bits per heavy atom. The molecule has 6 heteroatoms. The van der Waals surface area contributed by atoms with Crippen molar-refractivity contribution < 1.29 is 8.83 Å². The number of para-hydroxylation sites is 4. The van der Waals surface area contributed by atoms with E-state index in [4.69, 9.17) is 23.8 Å². The van der Waals surface area contributed by atoms with Crippen molar-refractivity contribution in [3.8, 4) is 67.5 Å². The van der Waals surface area contributed by atoms with E-state index in [9.17, 15) is 0 Å². The molecule has 0 saturated heterocycles. The van der Waals surface area contributed by atoms with Gasteiger partial charge in [0.15, 0.2) is 17.5 Å². The molecule has 8 aromatic carbocycles. The van der Waals surface area contributed by atoms with Crippen LogP contribution in [0.25, 0.3) is 122 Å². The van der Waals surface area contributed by atoms with Gasteiger partial charge in [-0.3, -0.25) is 4.98 Å². The molecular weight excluding hydrogens is 737 g/mol. The Balaban J connectivity index is 1.13. The third-order valence-electron chi connectivity index (χ3n) is 11.4. The van der Waals surface area contributed by atoms with E-state index in [0.29, 0.717) is 17.5 Å². The van der Waals surface area contributed by atoms with Crippen LogP contribution in [0.2, 0.25) is 0 Å². The Bertz CT molecular complexity index is 3480. The van der Waals surface area contributed by atoms with Crippen molar-refractivity contribution in [2.75, 3.05) is 0 Å². The molecule has 0 unspecified atom stereocenters. The van der Waals surface area contributed by atoms with Gasteiger partial charge >= 0.3 is 0 Å². The summed E-state index contributed by atoms with van der Waals surface area (Å²) in [6.07, 6.45) is 3.70. The van der Waals surface area contributed by atoms with Gasteiger partial charge in [0, 0.05) is 67.3 Å². The first-order valence-electron chi connectivity index (χ1n) is 19.9. The number of hydrogen-bond donors (Lipinski definition) is 0. The normalized spacial score (nSPS) is 11.7. The van der Waals surface area contributed by atoms with Gasteiger partial charge in [0.25, 0.3) is 0 Å². The number of nitrogens with zero attached hydrogens (tertiary/aromatic N) is 4. The number of aromatic nitrogens is 4. The molecule has 0 aliphatic carbocycles. The SMILES string of the molecule is c1ccc(-c2nc(-c3cc(-c4cccc5c4oc4ccccc45)cc(-c4cccc5c4oc4ccccc45)c3)nc(-c3cccc4c(-c5cccnc5)cccc34)n2)cc1. The molecule has 6 nitrogen and oxygen atoms in total. The molecule has 0 spiro atoms. The van der Waals surface area contributed by atoms with Crippen LogP contribution in [0.15, 0.2) is 203 Å². The Morgan fingerprint density at radius 2 is 0.767 bits per heavy atom. The van der Waals surface area contributed by atoms with Crippen LogP contribution in [0.1, 0.15) is 0 Å². The molecule has 0 saturated carbocycles. The minimum Gasteiger partial charge on any atom is -0.455 e. The van der Waals surface area contributed by atoms with Gasteiger partial charge in [-0.25, -0.2) is 15.0 Å². The van der Waals surface area contributed by atoms with Crippen LogP contribution in [-0.2, 0) is 0 Å². The average molecular weight is 769 g/mol. The Labute approximate surface area is 344 Å². The zero-order valence-electron chi connectivity index (χ0n) is 32.1. The molecule has 0 aliphatic heterocycles. The largest absolute Gasteiger partial charge is 0.455 e. The highest BCUT2D eigenvalue weighted by Crippen LogP contribution is 2.42. The standard InChI is InChI=1S/C54H32N4O2/c1-2-13-33(14-3-1)52-56-53(58-54(57-52)47-25-11-21-41-38(18-8-22-42(41)47)34-15-12-28-55-32-34)37-30-35(39-19-9-23-45-43-16-4-6-26-48(43)59-50(39)45)29-36(31-37)40-20-10-24-46-44-17-5-7-27-49(44)60-51(40)46/h1-32H. The van der Waals surface area contributed by atoms with Gasteiger partial charge in [0.05, 0.1) is 0 Å². The van der Waals surface area contributed by atoms with Crippen molar-refractivity contribution in [3.63, 3.8) is 0 Å². The number of rotatable bonds is 6. The maximum atomic E-state index is 6.61. The van der Waals surface area contributed by atoms with Gasteiger partial charge in [-0.1, -0.05) is 146 Å². The highest BCUT2D eigenvalue weighted by atomic mass is 16.3. The summed E-state index contributed by atoms with van der Waals surface area (Å²) < 4.78 is 13.2. The second-order valence-electron chi connectivity index (χ2n) is 15.0. The van der Waals surface area contributed by atoms with Gasteiger partial charge in [0.1, 0.15) is 22.3 Å². The summed E-state index contributed by atoms with van der Waals surface area (Å²) in [6.45, 7) is 0. The van der Waals surface area contributed by atoms with E-state index in [1.165, 1.54) is 0 Å². The number of furan rings is 2. The molecule has 0 atom stereocenters. The average Bonchev–Trinajstić information content (AvgIpc) is 3.90. The predicted octanol–water partition coefficient (Wildman–Crippen LogP) is 14.2. The molecule has 60 heavy (non-hydrogen) atoms. The smallest absolute Gasteiger partial charge is 0.164 e. The fraction of sp³-hybridized carbons (Fsp3) is 0. The van der Waals surface area contributed by atoms with Gasteiger partial charge < -0.3 is 8.83 Å². The molecule has 0 bridgehead atoms. The van der Waals surface area contributed by atoms with Gasteiger partial charge in [0.2, 0.25) is 0 Å². The van der Waals surface area contributed by atoms with Gasteiger partial charge in [-0.2, -0.15) is 0 Å². The van der Waals surface area contributed by atoms with Gasteiger partial charge in [-0.05, 0) is 63.9 Å². The maximum absolute atomic E-state index is 6.61. The summed E-state index contributed by atoms with van der Waals surface area (Å²) in [7, 11) is 0. The molecule has 280 valence electrons. The van der Waals surface area contributed by atoms with Crippen LogP contribution in [0.5, 0.6) is 0 Å². The molecule has 0 amide bonds. The summed E-state index contributed by atoms with van der Waals surface area (Å²) in [5.74, 6) is 1.72. The topological polar surface area (TPSA) is 77.8 Å². The highest BCUT2D eigenvalue weighted by Gasteiger charge is 2.20. The molecule has 0 aliphatic rings. The van der Waals surface area contributed by atoms with E-state index in [1.54, 1.807) is 6.20 Å². The first-order valence-corrected chi connectivity index (χ1v) is 19.9. The van der Waals surface area contributed by atoms with E-state index >= 15 is 0 Å². The Hall–Kier alpha value is -8.22. The zero-order valence-corrected chi connectivity index (χ0v) is 32.1. The third kappa shape index (κ3) is 5.57. The Morgan fingerprint density at radius 3 is 1.38 bits per heavy atom. The predicted molar refractivity (Wildman–Crippen MR) is 242 cm³/mol. The summed E-state index contributed by atoms with van der Waals surface area (Å²) in [5, 5.41) is 6.41. The summed E-state index contributed by atoms with van der Waals surface area (Å²) in [6, 6.07) is 62.5. The lowest BCUT2D eigenvalue weighted by atomic mass is 9.94.